The van der Waals surface area contributed by atoms with Crippen molar-refractivity contribution in [2.24, 2.45) is 0 Å². The van der Waals surface area contributed by atoms with Gasteiger partial charge in [0.1, 0.15) is 5.58 Å². The van der Waals surface area contributed by atoms with E-state index in [1.807, 2.05) is 13.0 Å². The number of nitrogens with zero attached hydrogens (tertiary/aromatic N) is 2. The molecule has 3 rings (SSSR count). The van der Waals surface area contributed by atoms with Crippen molar-refractivity contribution in [3.63, 3.8) is 0 Å². The van der Waals surface area contributed by atoms with Gasteiger partial charge in [-0.05, 0) is 49.7 Å². The van der Waals surface area contributed by atoms with Crippen LogP contribution in [-0.2, 0) is 6.54 Å². The highest BCUT2D eigenvalue weighted by molar-refractivity contribution is 5.81. The molecule has 4 nitrogen and oxygen atoms in total. The first-order valence-corrected chi connectivity index (χ1v) is 7.48. The summed E-state index contributed by atoms with van der Waals surface area (Å²) < 4.78 is 5.36. The first kappa shape index (κ1) is 14.3. The van der Waals surface area contributed by atoms with Crippen LogP contribution in [0.4, 0.5) is 0 Å². The third-order valence-electron chi connectivity index (χ3n) is 4.43. The second-order valence-electron chi connectivity index (χ2n) is 6.10. The molecule has 0 bridgehead atoms. The summed E-state index contributed by atoms with van der Waals surface area (Å²) in [5.41, 5.74) is 3.91. The van der Waals surface area contributed by atoms with Crippen LogP contribution in [-0.4, -0.2) is 43.0 Å². The second kappa shape index (κ2) is 5.62. The van der Waals surface area contributed by atoms with E-state index in [9.17, 15) is 4.79 Å². The van der Waals surface area contributed by atoms with Crippen molar-refractivity contribution in [3.8, 4) is 0 Å². The van der Waals surface area contributed by atoms with Crippen LogP contribution in [0.15, 0.2) is 27.4 Å². The van der Waals surface area contributed by atoms with Crippen molar-refractivity contribution in [2.45, 2.75) is 20.4 Å². The zero-order valence-electron chi connectivity index (χ0n) is 13.0. The smallest absolute Gasteiger partial charge is 0.336 e. The predicted octanol–water partition coefficient (Wildman–Crippen LogP) is 2.16. The number of likely N-dealkylation sites (N-methyl/N-ethyl adjacent to an activating group) is 1. The fraction of sp³-hybridized carbons (Fsp3) is 0.471. The van der Waals surface area contributed by atoms with Crippen LogP contribution in [0.2, 0.25) is 0 Å². The highest BCUT2D eigenvalue weighted by atomic mass is 16.4. The van der Waals surface area contributed by atoms with Gasteiger partial charge in [0, 0.05) is 44.2 Å². The highest BCUT2D eigenvalue weighted by Gasteiger charge is 2.16. The lowest BCUT2D eigenvalue weighted by molar-refractivity contribution is 0.148. The average molecular weight is 286 g/mol. The number of rotatable bonds is 2. The number of aryl methyl sites for hydroxylation is 2. The van der Waals surface area contributed by atoms with Crippen LogP contribution in [0.5, 0.6) is 0 Å². The van der Waals surface area contributed by atoms with Gasteiger partial charge in [0.25, 0.3) is 0 Å². The standard InChI is InChI=1S/C17H22N2O2/c1-12-8-15-14(11-19-6-4-18(3)5-7-19)10-17(20)21-16(15)9-13(12)2/h8-10H,4-7,11H2,1-3H3. The molecular formula is C17H22N2O2. The van der Waals surface area contributed by atoms with Crippen LogP contribution in [0.25, 0.3) is 11.0 Å². The second-order valence-corrected chi connectivity index (χ2v) is 6.10. The minimum atomic E-state index is -0.255. The van der Waals surface area contributed by atoms with E-state index in [1.54, 1.807) is 6.07 Å². The molecular weight excluding hydrogens is 264 g/mol. The predicted molar refractivity (Wildman–Crippen MR) is 84.7 cm³/mol. The average Bonchev–Trinajstić information content (AvgIpc) is 2.43. The molecule has 0 spiro atoms. The summed E-state index contributed by atoms with van der Waals surface area (Å²) in [6.07, 6.45) is 0. The zero-order chi connectivity index (χ0) is 15.0. The van der Waals surface area contributed by atoms with Gasteiger partial charge in [-0.1, -0.05) is 0 Å². The van der Waals surface area contributed by atoms with E-state index < -0.39 is 0 Å². The van der Waals surface area contributed by atoms with E-state index in [1.165, 1.54) is 5.56 Å². The van der Waals surface area contributed by atoms with E-state index in [0.717, 1.165) is 49.2 Å². The van der Waals surface area contributed by atoms with Gasteiger partial charge in [-0.3, -0.25) is 4.90 Å². The summed E-state index contributed by atoms with van der Waals surface area (Å²) >= 11 is 0. The van der Waals surface area contributed by atoms with Crippen LogP contribution in [0.3, 0.4) is 0 Å². The number of benzene rings is 1. The van der Waals surface area contributed by atoms with Crippen molar-refractivity contribution in [1.82, 2.24) is 9.80 Å². The summed E-state index contributed by atoms with van der Waals surface area (Å²) in [6, 6.07) is 5.76. The molecule has 21 heavy (non-hydrogen) atoms. The third-order valence-corrected chi connectivity index (χ3v) is 4.43. The summed E-state index contributed by atoms with van der Waals surface area (Å²) in [5.74, 6) is 0. The Bertz CT molecular complexity index is 713. The van der Waals surface area contributed by atoms with Gasteiger partial charge in [0.15, 0.2) is 0 Å². The Kier molecular flexibility index (Phi) is 3.83. The Morgan fingerprint density at radius 2 is 1.71 bits per heavy atom. The molecule has 1 saturated heterocycles. The Morgan fingerprint density at radius 1 is 1.05 bits per heavy atom. The minimum absolute atomic E-state index is 0.255. The molecule has 0 unspecified atom stereocenters. The number of hydrogen-bond donors (Lipinski definition) is 0. The summed E-state index contributed by atoms with van der Waals surface area (Å²) in [6.45, 7) is 9.21. The molecule has 1 aromatic carbocycles. The number of fused-ring (bicyclic) bond motifs is 1. The maximum Gasteiger partial charge on any atom is 0.336 e. The van der Waals surface area contributed by atoms with E-state index in [2.05, 4.69) is 29.8 Å². The molecule has 2 heterocycles. The number of piperazine rings is 1. The monoisotopic (exact) mass is 286 g/mol. The molecule has 2 aromatic rings. The molecule has 1 aliphatic heterocycles. The Balaban J connectivity index is 1.97. The summed E-state index contributed by atoms with van der Waals surface area (Å²) in [4.78, 5) is 16.5. The summed E-state index contributed by atoms with van der Waals surface area (Å²) in [7, 11) is 2.15. The maximum absolute atomic E-state index is 11.8. The Labute approximate surface area is 125 Å². The van der Waals surface area contributed by atoms with E-state index in [4.69, 9.17) is 4.42 Å². The van der Waals surface area contributed by atoms with Gasteiger partial charge in [-0.15, -0.1) is 0 Å². The topological polar surface area (TPSA) is 36.7 Å². The molecule has 1 fully saturated rings. The molecule has 0 atom stereocenters. The molecule has 112 valence electrons. The number of hydrogen-bond acceptors (Lipinski definition) is 4. The van der Waals surface area contributed by atoms with Crippen LogP contribution < -0.4 is 5.63 Å². The molecule has 0 aliphatic carbocycles. The third kappa shape index (κ3) is 3.01. The normalized spacial score (nSPS) is 17.5. The molecule has 0 radical (unpaired) electrons. The SMILES string of the molecule is Cc1cc2oc(=O)cc(CN3CCN(C)CC3)c2cc1C. The lowest BCUT2D eigenvalue weighted by atomic mass is 10.0. The molecule has 0 amide bonds. The lowest BCUT2D eigenvalue weighted by Gasteiger charge is -2.32. The first-order valence-electron chi connectivity index (χ1n) is 7.48. The quantitative estimate of drug-likeness (QED) is 0.793. The Morgan fingerprint density at radius 3 is 2.43 bits per heavy atom. The van der Waals surface area contributed by atoms with Gasteiger partial charge in [0.05, 0.1) is 0 Å². The van der Waals surface area contributed by atoms with Gasteiger partial charge < -0.3 is 9.32 Å². The van der Waals surface area contributed by atoms with Gasteiger partial charge in [0.2, 0.25) is 0 Å². The van der Waals surface area contributed by atoms with Crippen molar-refractivity contribution in [2.75, 3.05) is 33.2 Å². The lowest BCUT2D eigenvalue weighted by Crippen LogP contribution is -2.43. The largest absolute Gasteiger partial charge is 0.423 e. The van der Waals surface area contributed by atoms with Crippen LogP contribution in [0, 0.1) is 13.8 Å². The minimum Gasteiger partial charge on any atom is -0.423 e. The van der Waals surface area contributed by atoms with Gasteiger partial charge >= 0.3 is 5.63 Å². The molecule has 1 aliphatic rings. The van der Waals surface area contributed by atoms with E-state index in [-0.39, 0.29) is 5.63 Å². The fourth-order valence-electron chi connectivity index (χ4n) is 2.86. The molecule has 0 saturated carbocycles. The highest BCUT2D eigenvalue weighted by Crippen LogP contribution is 2.22. The fourth-order valence-corrected chi connectivity index (χ4v) is 2.86. The van der Waals surface area contributed by atoms with Crippen molar-refractivity contribution >= 4 is 11.0 Å². The zero-order valence-corrected chi connectivity index (χ0v) is 13.0. The first-order chi connectivity index (χ1) is 10.0. The maximum atomic E-state index is 11.8. The molecule has 1 aromatic heterocycles. The van der Waals surface area contributed by atoms with Crippen molar-refractivity contribution < 1.29 is 4.42 Å². The van der Waals surface area contributed by atoms with Crippen LogP contribution in [0.1, 0.15) is 16.7 Å². The molecule has 0 N–H and O–H groups in total. The van der Waals surface area contributed by atoms with E-state index >= 15 is 0 Å². The van der Waals surface area contributed by atoms with Crippen molar-refractivity contribution in [3.05, 3.63) is 45.3 Å². The van der Waals surface area contributed by atoms with E-state index in [0.29, 0.717) is 5.58 Å². The van der Waals surface area contributed by atoms with Gasteiger partial charge in [-0.2, -0.15) is 0 Å². The summed E-state index contributed by atoms with van der Waals surface area (Å²) in [5, 5.41) is 1.07. The van der Waals surface area contributed by atoms with Crippen molar-refractivity contribution in [1.29, 1.82) is 0 Å². The Hall–Kier alpha value is -1.65. The molecule has 4 heteroatoms. The van der Waals surface area contributed by atoms with Crippen LogP contribution >= 0.6 is 0 Å². The van der Waals surface area contributed by atoms with Gasteiger partial charge in [-0.25, -0.2) is 4.79 Å².